The quantitative estimate of drug-likeness (QED) is 0.648. The van der Waals surface area contributed by atoms with Crippen LogP contribution in [-0.4, -0.2) is 21.2 Å². The van der Waals surface area contributed by atoms with Crippen molar-refractivity contribution in [2.45, 2.75) is 6.54 Å². The summed E-state index contributed by atoms with van der Waals surface area (Å²) in [4.78, 5) is 10.3. The van der Waals surface area contributed by atoms with E-state index in [9.17, 15) is 4.79 Å². The summed E-state index contributed by atoms with van der Waals surface area (Å²) in [5.41, 5.74) is 0.308. The molecule has 0 aliphatic rings. The van der Waals surface area contributed by atoms with Gasteiger partial charge in [0.15, 0.2) is 12.0 Å². The maximum Gasteiger partial charge on any atom is 0.171 e. The van der Waals surface area contributed by atoms with E-state index in [0.717, 1.165) is 0 Å². The van der Waals surface area contributed by atoms with Gasteiger partial charge in [-0.3, -0.25) is 9.48 Å². The number of aromatic nitrogens is 3. The molecule has 2 aromatic heterocycles. The lowest BCUT2D eigenvalue weighted by molar-refractivity contribution is 0.111. The standard InChI is InChI=1S/C8H7N3O2/c12-6-7-4-8(13-10-7)5-11-3-1-2-9-11/h1-4,6H,5H2. The molecule has 0 radical (unpaired) electrons. The van der Waals surface area contributed by atoms with Gasteiger partial charge in [-0.15, -0.1) is 0 Å². The second kappa shape index (κ2) is 3.22. The Hall–Kier alpha value is -1.91. The zero-order valence-electron chi connectivity index (χ0n) is 6.75. The van der Waals surface area contributed by atoms with E-state index < -0.39 is 0 Å². The molecular weight excluding hydrogens is 170 g/mol. The summed E-state index contributed by atoms with van der Waals surface area (Å²) in [6.45, 7) is 0.494. The van der Waals surface area contributed by atoms with Crippen LogP contribution in [0.3, 0.4) is 0 Å². The Balaban J connectivity index is 2.14. The molecule has 66 valence electrons. The number of carbonyl (C=O) groups excluding carboxylic acids is 1. The maximum absolute atomic E-state index is 10.3. The van der Waals surface area contributed by atoms with Crippen molar-refractivity contribution in [2.75, 3.05) is 0 Å². The molecule has 13 heavy (non-hydrogen) atoms. The third-order valence-electron chi connectivity index (χ3n) is 1.57. The predicted molar refractivity (Wildman–Crippen MR) is 43.2 cm³/mol. The average molecular weight is 177 g/mol. The van der Waals surface area contributed by atoms with Crippen molar-refractivity contribution in [1.29, 1.82) is 0 Å². The molecule has 0 bridgehead atoms. The van der Waals surface area contributed by atoms with Crippen molar-refractivity contribution in [2.24, 2.45) is 0 Å². The third kappa shape index (κ3) is 1.64. The Morgan fingerprint density at radius 3 is 3.15 bits per heavy atom. The van der Waals surface area contributed by atoms with E-state index in [1.54, 1.807) is 16.9 Å². The summed E-state index contributed by atoms with van der Waals surface area (Å²) in [6, 6.07) is 3.41. The Morgan fingerprint density at radius 2 is 2.54 bits per heavy atom. The highest BCUT2D eigenvalue weighted by molar-refractivity contribution is 5.71. The second-order valence-corrected chi connectivity index (χ2v) is 2.54. The summed E-state index contributed by atoms with van der Waals surface area (Å²) in [5.74, 6) is 0.616. The van der Waals surface area contributed by atoms with Crippen molar-refractivity contribution in [1.82, 2.24) is 14.9 Å². The molecule has 0 aliphatic carbocycles. The van der Waals surface area contributed by atoms with E-state index in [1.165, 1.54) is 0 Å². The maximum atomic E-state index is 10.3. The fraction of sp³-hybridized carbons (Fsp3) is 0.125. The smallest absolute Gasteiger partial charge is 0.171 e. The normalized spacial score (nSPS) is 10.2. The first kappa shape index (κ1) is 7.72. The molecule has 0 fully saturated rings. The molecule has 2 aromatic rings. The van der Waals surface area contributed by atoms with Gasteiger partial charge in [-0.25, -0.2) is 0 Å². The SMILES string of the molecule is O=Cc1cc(Cn2cccn2)on1. The van der Waals surface area contributed by atoms with Gasteiger partial charge in [-0.2, -0.15) is 5.10 Å². The van der Waals surface area contributed by atoms with Gasteiger partial charge in [-0.05, 0) is 6.07 Å². The highest BCUT2D eigenvalue weighted by atomic mass is 16.5. The summed E-state index contributed by atoms with van der Waals surface area (Å²) < 4.78 is 6.58. The van der Waals surface area contributed by atoms with Crippen LogP contribution in [0.2, 0.25) is 0 Å². The van der Waals surface area contributed by atoms with E-state index in [0.29, 0.717) is 24.3 Å². The summed E-state index contributed by atoms with van der Waals surface area (Å²) >= 11 is 0. The molecule has 0 amide bonds. The Bertz CT molecular complexity index is 391. The van der Waals surface area contributed by atoms with Crippen LogP contribution >= 0.6 is 0 Å². The van der Waals surface area contributed by atoms with E-state index in [2.05, 4.69) is 10.3 Å². The van der Waals surface area contributed by atoms with Gasteiger partial charge in [0.25, 0.3) is 0 Å². The largest absolute Gasteiger partial charge is 0.359 e. The molecule has 0 N–H and O–H groups in total. The van der Waals surface area contributed by atoms with Crippen LogP contribution in [0, 0.1) is 0 Å². The van der Waals surface area contributed by atoms with Crippen molar-refractivity contribution >= 4 is 6.29 Å². The first-order chi connectivity index (χ1) is 6.38. The summed E-state index contributed by atoms with van der Waals surface area (Å²) in [5, 5.41) is 7.52. The highest BCUT2D eigenvalue weighted by Crippen LogP contribution is 2.03. The minimum absolute atomic E-state index is 0.308. The number of aldehydes is 1. The van der Waals surface area contributed by atoms with Crippen LogP contribution in [-0.2, 0) is 6.54 Å². The Labute approximate surface area is 74.0 Å². The van der Waals surface area contributed by atoms with Crippen LogP contribution in [0.15, 0.2) is 29.0 Å². The molecule has 0 saturated heterocycles. The van der Waals surface area contributed by atoms with Crippen LogP contribution in [0.4, 0.5) is 0 Å². The van der Waals surface area contributed by atoms with Gasteiger partial charge < -0.3 is 4.52 Å². The predicted octanol–water partition coefficient (Wildman–Crippen LogP) is 0.732. The lowest BCUT2D eigenvalue weighted by Crippen LogP contribution is -1.97. The summed E-state index contributed by atoms with van der Waals surface area (Å²) in [6.07, 6.45) is 4.14. The lowest BCUT2D eigenvalue weighted by atomic mass is 10.4. The van der Waals surface area contributed by atoms with Crippen molar-refractivity contribution < 1.29 is 9.32 Å². The minimum atomic E-state index is 0.308. The molecule has 5 nitrogen and oxygen atoms in total. The van der Waals surface area contributed by atoms with Crippen molar-refractivity contribution in [3.8, 4) is 0 Å². The fourth-order valence-corrected chi connectivity index (χ4v) is 1.01. The van der Waals surface area contributed by atoms with Gasteiger partial charge in [0, 0.05) is 18.5 Å². The zero-order valence-corrected chi connectivity index (χ0v) is 6.75. The Kier molecular flexibility index (Phi) is 1.91. The van der Waals surface area contributed by atoms with Crippen molar-refractivity contribution in [3.05, 3.63) is 36.0 Å². The molecule has 0 aromatic carbocycles. The molecule has 2 heterocycles. The van der Waals surface area contributed by atoms with Crippen LogP contribution in [0.25, 0.3) is 0 Å². The summed E-state index contributed by atoms with van der Waals surface area (Å²) in [7, 11) is 0. The molecule has 0 saturated carbocycles. The van der Waals surface area contributed by atoms with Gasteiger partial charge in [-0.1, -0.05) is 5.16 Å². The zero-order chi connectivity index (χ0) is 9.10. The van der Waals surface area contributed by atoms with Gasteiger partial charge in [0.05, 0.1) is 0 Å². The van der Waals surface area contributed by atoms with E-state index in [-0.39, 0.29) is 0 Å². The number of hydrogen-bond acceptors (Lipinski definition) is 4. The van der Waals surface area contributed by atoms with Crippen LogP contribution in [0.1, 0.15) is 16.2 Å². The van der Waals surface area contributed by atoms with E-state index in [1.807, 2.05) is 12.3 Å². The van der Waals surface area contributed by atoms with E-state index in [4.69, 9.17) is 4.52 Å². The lowest BCUT2D eigenvalue weighted by Gasteiger charge is -1.93. The number of carbonyl (C=O) groups is 1. The first-order valence-electron chi connectivity index (χ1n) is 3.76. The number of rotatable bonds is 3. The molecule has 0 atom stereocenters. The number of hydrogen-bond donors (Lipinski definition) is 0. The van der Waals surface area contributed by atoms with Crippen LogP contribution in [0.5, 0.6) is 0 Å². The molecule has 0 spiro atoms. The molecule has 0 aliphatic heterocycles. The van der Waals surface area contributed by atoms with Gasteiger partial charge in [0.1, 0.15) is 12.2 Å². The highest BCUT2D eigenvalue weighted by Gasteiger charge is 2.03. The van der Waals surface area contributed by atoms with Crippen LogP contribution < -0.4 is 0 Å². The first-order valence-corrected chi connectivity index (χ1v) is 3.76. The minimum Gasteiger partial charge on any atom is -0.359 e. The Morgan fingerprint density at radius 1 is 1.62 bits per heavy atom. The number of nitrogens with zero attached hydrogens (tertiary/aromatic N) is 3. The topological polar surface area (TPSA) is 60.9 Å². The van der Waals surface area contributed by atoms with Gasteiger partial charge in [0.2, 0.25) is 0 Å². The molecular formula is C8H7N3O2. The van der Waals surface area contributed by atoms with Gasteiger partial charge >= 0.3 is 0 Å². The monoisotopic (exact) mass is 177 g/mol. The third-order valence-corrected chi connectivity index (χ3v) is 1.57. The molecule has 0 unspecified atom stereocenters. The average Bonchev–Trinajstić information content (AvgIpc) is 2.76. The second-order valence-electron chi connectivity index (χ2n) is 2.54. The molecule has 5 heteroatoms. The van der Waals surface area contributed by atoms with Crippen molar-refractivity contribution in [3.63, 3.8) is 0 Å². The molecule has 2 rings (SSSR count). The fourth-order valence-electron chi connectivity index (χ4n) is 1.01. The van der Waals surface area contributed by atoms with E-state index >= 15 is 0 Å².